The number of carbonyl (C=O) groups excluding carboxylic acids is 1. The fraction of sp³-hybridized carbons (Fsp3) is 0.375. The van der Waals surface area contributed by atoms with Crippen molar-refractivity contribution >= 4 is 18.0 Å². The first-order chi connectivity index (χ1) is 10.0. The molecule has 0 atom stereocenters. The van der Waals surface area contributed by atoms with Gasteiger partial charge in [0.05, 0.1) is 0 Å². The zero-order valence-corrected chi connectivity index (χ0v) is 12.4. The normalized spacial score (nSPS) is 10.8. The van der Waals surface area contributed by atoms with Crippen LogP contribution >= 0.6 is 0 Å². The van der Waals surface area contributed by atoms with Crippen molar-refractivity contribution in [2.24, 2.45) is 0 Å². The first-order valence-corrected chi connectivity index (χ1v) is 6.83. The number of aryl methyl sites for hydroxylation is 1. The first-order valence-electron chi connectivity index (χ1n) is 6.83. The summed E-state index contributed by atoms with van der Waals surface area (Å²) in [7, 11) is 1.65. The van der Waals surface area contributed by atoms with Gasteiger partial charge in [-0.2, -0.15) is 0 Å². The summed E-state index contributed by atoms with van der Waals surface area (Å²) in [6.45, 7) is 3.15. The molecule has 0 aromatic heterocycles. The van der Waals surface area contributed by atoms with Crippen LogP contribution in [0.5, 0.6) is 0 Å². The molecular formula is C16H21NO4. The smallest absolute Gasteiger partial charge is 0.328 e. The van der Waals surface area contributed by atoms with Crippen LogP contribution in [0.2, 0.25) is 0 Å². The third-order valence-corrected chi connectivity index (χ3v) is 3.01. The van der Waals surface area contributed by atoms with Crippen LogP contribution in [0.15, 0.2) is 24.3 Å². The van der Waals surface area contributed by atoms with E-state index in [2.05, 4.69) is 5.32 Å². The molecule has 0 aliphatic carbocycles. The molecule has 0 aliphatic rings. The van der Waals surface area contributed by atoms with Gasteiger partial charge < -0.3 is 15.2 Å². The number of aliphatic carboxylic acids is 1. The highest BCUT2D eigenvalue weighted by atomic mass is 16.5. The van der Waals surface area contributed by atoms with Gasteiger partial charge in [0.1, 0.15) is 0 Å². The Bertz CT molecular complexity index is 523. The quantitative estimate of drug-likeness (QED) is 0.569. The van der Waals surface area contributed by atoms with E-state index in [0.717, 1.165) is 30.0 Å². The highest BCUT2D eigenvalue weighted by Crippen LogP contribution is 2.13. The number of rotatable bonds is 8. The second kappa shape index (κ2) is 8.92. The molecule has 5 nitrogen and oxygen atoms in total. The lowest BCUT2D eigenvalue weighted by Crippen LogP contribution is -2.24. The van der Waals surface area contributed by atoms with Crippen molar-refractivity contribution in [1.82, 2.24) is 5.32 Å². The van der Waals surface area contributed by atoms with E-state index >= 15 is 0 Å². The number of amides is 1. The molecule has 0 bridgehead atoms. The Morgan fingerprint density at radius 3 is 2.76 bits per heavy atom. The van der Waals surface area contributed by atoms with Crippen molar-refractivity contribution in [3.63, 3.8) is 0 Å². The molecule has 1 aromatic rings. The predicted molar refractivity (Wildman–Crippen MR) is 81.3 cm³/mol. The molecule has 5 heteroatoms. The van der Waals surface area contributed by atoms with E-state index in [0.29, 0.717) is 18.7 Å². The van der Waals surface area contributed by atoms with E-state index in [9.17, 15) is 9.59 Å². The average molecular weight is 291 g/mol. The van der Waals surface area contributed by atoms with E-state index in [4.69, 9.17) is 9.84 Å². The van der Waals surface area contributed by atoms with Crippen molar-refractivity contribution in [2.75, 3.05) is 20.3 Å². The second-order valence-corrected chi connectivity index (χ2v) is 4.70. The minimum Gasteiger partial charge on any atom is -0.478 e. The zero-order valence-electron chi connectivity index (χ0n) is 12.4. The van der Waals surface area contributed by atoms with Gasteiger partial charge in [0, 0.05) is 31.9 Å². The molecule has 0 fully saturated rings. The Hall–Kier alpha value is -2.14. The van der Waals surface area contributed by atoms with Crippen molar-refractivity contribution < 1.29 is 19.4 Å². The summed E-state index contributed by atoms with van der Waals surface area (Å²) in [6.07, 6.45) is 4.32. The number of ether oxygens (including phenoxy) is 1. The molecule has 2 N–H and O–H groups in total. The summed E-state index contributed by atoms with van der Waals surface area (Å²) in [5.74, 6) is -1.17. The monoisotopic (exact) mass is 291 g/mol. The molecule has 114 valence electrons. The van der Waals surface area contributed by atoms with E-state index in [1.807, 2.05) is 6.92 Å². The Balaban J connectivity index is 2.64. The lowest BCUT2D eigenvalue weighted by Gasteiger charge is -2.07. The highest BCUT2D eigenvalue weighted by Gasteiger charge is 2.06. The number of hydrogen-bond acceptors (Lipinski definition) is 3. The molecule has 1 aromatic carbocycles. The van der Waals surface area contributed by atoms with Crippen LogP contribution in [0.25, 0.3) is 6.08 Å². The number of carboxylic acids is 1. The van der Waals surface area contributed by atoms with Gasteiger partial charge in [-0.15, -0.1) is 0 Å². The van der Waals surface area contributed by atoms with Gasteiger partial charge in [0.25, 0.3) is 5.91 Å². The standard InChI is InChI=1S/C16H21NO4/c1-12-5-6-14(11-13(12)7-8-15(18)19)16(20)17-9-3-4-10-21-2/h5-8,11H,3-4,9-10H2,1-2H3,(H,17,20)(H,18,19)/b8-7+. The largest absolute Gasteiger partial charge is 0.478 e. The second-order valence-electron chi connectivity index (χ2n) is 4.70. The number of methoxy groups -OCH3 is 1. The molecule has 1 amide bonds. The lowest BCUT2D eigenvalue weighted by atomic mass is 10.0. The number of unbranched alkanes of at least 4 members (excludes halogenated alkanes) is 1. The third-order valence-electron chi connectivity index (χ3n) is 3.01. The summed E-state index contributed by atoms with van der Waals surface area (Å²) in [5.41, 5.74) is 2.17. The third kappa shape index (κ3) is 6.23. The summed E-state index contributed by atoms with van der Waals surface area (Å²) in [5, 5.41) is 11.5. The van der Waals surface area contributed by atoms with Gasteiger partial charge in [-0.05, 0) is 49.1 Å². The Morgan fingerprint density at radius 2 is 2.10 bits per heavy atom. The van der Waals surface area contributed by atoms with Crippen LogP contribution in [-0.2, 0) is 9.53 Å². The van der Waals surface area contributed by atoms with E-state index in [-0.39, 0.29) is 5.91 Å². The number of nitrogens with one attached hydrogen (secondary N) is 1. The molecule has 1 rings (SSSR count). The zero-order chi connectivity index (χ0) is 15.7. The SMILES string of the molecule is COCCCCNC(=O)c1ccc(C)c(/C=C/C(=O)O)c1. The van der Waals surface area contributed by atoms with Gasteiger partial charge in [0.15, 0.2) is 0 Å². The van der Waals surface area contributed by atoms with E-state index in [1.165, 1.54) is 6.08 Å². The van der Waals surface area contributed by atoms with Crippen molar-refractivity contribution in [3.8, 4) is 0 Å². The fourth-order valence-corrected chi connectivity index (χ4v) is 1.80. The lowest BCUT2D eigenvalue weighted by molar-refractivity contribution is -0.131. The van der Waals surface area contributed by atoms with Crippen molar-refractivity contribution in [2.45, 2.75) is 19.8 Å². The molecule has 0 heterocycles. The van der Waals surface area contributed by atoms with Gasteiger partial charge in [0.2, 0.25) is 0 Å². The predicted octanol–water partition coefficient (Wildman–Crippen LogP) is 2.25. The molecule has 0 saturated heterocycles. The van der Waals surface area contributed by atoms with Crippen LogP contribution in [0, 0.1) is 6.92 Å². The van der Waals surface area contributed by atoms with Gasteiger partial charge in [-0.1, -0.05) is 6.07 Å². The maximum atomic E-state index is 12.0. The van der Waals surface area contributed by atoms with E-state index in [1.54, 1.807) is 25.3 Å². The van der Waals surface area contributed by atoms with Gasteiger partial charge >= 0.3 is 5.97 Å². The topological polar surface area (TPSA) is 75.6 Å². The molecule has 0 radical (unpaired) electrons. The molecule has 0 spiro atoms. The molecule has 0 saturated carbocycles. The first kappa shape index (κ1) is 16.9. The van der Waals surface area contributed by atoms with Gasteiger partial charge in [-0.3, -0.25) is 4.79 Å². The molecule has 0 aliphatic heterocycles. The molecular weight excluding hydrogens is 270 g/mol. The van der Waals surface area contributed by atoms with Crippen LogP contribution < -0.4 is 5.32 Å². The maximum Gasteiger partial charge on any atom is 0.328 e. The van der Waals surface area contributed by atoms with Crippen molar-refractivity contribution in [3.05, 3.63) is 41.0 Å². The Labute approximate surface area is 124 Å². The van der Waals surface area contributed by atoms with Crippen LogP contribution in [0.1, 0.15) is 34.3 Å². The summed E-state index contributed by atoms with van der Waals surface area (Å²) >= 11 is 0. The fourth-order valence-electron chi connectivity index (χ4n) is 1.80. The van der Waals surface area contributed by atoms with Gasteiger partial charge in [-0.25, -0.2) is 4.79 Å². The average Bonchev–Trinajstić information content (AvgIpc) is 2.45. The van der Waals surface area contributed by atoms with E-state index < -0.39 is 5.97 Å². The highest BCUT2D eigenvalue weighted by molar-refractivity contribution is 5.95. The molecule has 21 heavy (non-hydrogen) atoms. The Kier molecular flexibility index (Phi) is 7.18. The molecule has 0 unspecified atom stereocenters. The summed E-state index contributed by atoms with van der Waals surface area (Å²) < 4.78 is 4.94. The van der Waals surface area contributed by atoms with Crippen molar-refractivity contribution in [1.29, 1.82) is 0 Å². The van der Waals surface area contributed by atoms with Crippen LogP contribution in [0.3, 0.4) is 0 Å². The Morgan fingerprint density at radius 1 is 1.33 bits per heavy atom. The number of carboxylic acid groups (broad SMARTS) is 1. The number of carbonyl (C=O) groups is 2. The number of benzene rings is 1. The maximum absolute atomic E-state index is 12.0. The minimum absolute atomic E-state index is 0.155. The van der Waals surface area contributed by atoms with Crippen LogP contribution in [0.4, 0.5) is 0 Å². The summed E-state index contributed by atoms with van der Waals surface area (Å²) in [4.78, 5) is 22.6. The summed E-state index contributed by atoms with van der Waals surface area (Å²) in [6, 6.07) is 5.23. The minimum atomic E-state index is -1.01. The number of hydrogen-bond donors (Lipinski definition) is 2. The van der Waals surface area contributed by atoms with Crippen LogP contribution in [-0.4, -0.2) is 37.2 Å².